The summed E-state index contributed by atoms with van der Waals surface area (Å²) in [5.41, 5.74) is 2.33. The van der Waals surface area contributed by atoms with Crippen molar-refractivity contribution in [2.45, 2.75) is 13.8 Å². The van der Waals surface area contributed by atoms with Gasteiger partial charge in [-0.25, -0.2) is 0 Å². The summed E-state index contributed by atoms with van der Waals surface area (Å²) in [6, 6.07) is 10.3. The second kappa shape index (κ2) is 4.44. The minimum Gasteiger partial charge on any atom is -0.508 e. The minimum atomic E-state index is 0.371. The van der Waals surface area contributed by atoms with Crippen molar-refractivity contribution in [2.24, 2.45) is 5.92 Å². The van der Waals surface area contributed by atoms with E-state index in [1.807, 2.05) is 30.4 Å². The van der Waals surface area contributed by atoms with Crippen LogP contribution in [0, 0.1) is 5.92 Å². The molecule has 1 heterocycles. The molecular weight excluding hydrogens is 198 g/mol. The molecule has 0 aromatic heterocycles. The monoisotopic (exact) mass is 215 g/mol. The van der Waals surface area contributed by atoms with Crippen molar-refractivity contribution >= 4 is 5.69 Å². The highest BCUT2D eigenvalue weighted by Crippen LogP contribution is 2.27. The van der Waals surface area contributed by atoms with E-state index in [4.69, 9.17) is 0 Å². The van der Waals surface area contributed by atoms with Crippen molar-refractivity contribution in [3.05, 3.63) is 53.9 Å². The zero-order valence-electron chi connectivity index (χ0n) is 9.72. The Balaban J connectivity index is 2.33. The maximum Gasteiger partial charge on any atom is 0.115 e. The maximum atomic E-state index is 9.55. The van der Waals surface area contributed by atoms with Gasteiger partial charge in [0.05, 0.1) is 0 Å². The lowest BCUT2D eigenvalue weighted by molar-refractivity contribution is 0.424. The molecule has 1 aromatic rings. The van der Waals surface area contributed by atoms with Gasteiger partial charge in [-0.1, -0.05) is 32.0 Å². The minimum absolute atomic E-state index is 0.371. The van der Waals surface area contributed by atoms with E-state index in [2.05, 4.69) is 30.9 Å². The molecule has 1 aliphatic heterocycles. The van der Waals surface area contributed by atoms with Crippen LogP contribution in [-0.2, 0) is 0 Å². The van der Waals surface area contributed by atoms with Gasteiger partial charge in [0, 0.05) is 17.9 Å². The molecule has 16 heavy (non-hydrogen) atoms. The van der Waals surface area contributed by atoms with Crippen LogP contribution in [0.4, 0.5) is 5.69 Å². The molecule has 0 bridgehead atoms. The number of hydrogen-bond donors (Lipinski definition) is 1. The number of anilines is 1. The zero-order valence-corrected chi connectivity index (χ0v) is 9.72. The van der Waals surface area contributed by atoms with E-state index >= 15 is 0 Å². The highest BCUT2D eigenvalue weighted by atomic mass is 16.3. The number of para-hydroxylation sites is 1. The van der Waals surface area contributed by atoms with Crippen LogP contribution in [0.15, 0.2) is 53.9 Å². The van der Waals surface area contributed by atoms with Crippen molar-refractivity contribution in [3.8, 4) is 0 Å². The molecule has 0 fully saturated rings. The number of aliphatic hydroxyl groups excluding tert-OH is 1. The van der Waals surface area contributed by atoms with Crippen molar-refractivity contribution < 1.29 is 5.11 Å². The molecule has 0 unspecified atom stereocenters. The van der Waals surface area contributed by atoms with Crippen LogP contribution >= 0.6 is 0 Å². The number of nitrogens with zero attached hydrogens (tertiary/aromatic N) is 1. The van der Waals surface area contributed by atoms with Crippen LogP contribution in [0.5, 0.6) is 0 Å². The summed E-state index contributed by atoms with van der Waals surface area (Å²) >= 11 is 0. The van der Waals surface area contributed by atoms with Crippen molar-refractivity contribution in [3.63, 3.8) is 0 Å². The molecular formula is C14H17NO. The third kappa shape index (κ3) is 2.11. The Labute approximate surface area is 96.5 Å². The Morgan fingerprint density at radius 2 is 1.88 bits per heavy atom. The Hall–Kier alpha value is -1.70. The first kappa shape index (κ1) is 10.8. The van der Waals surface area contributed by atoms with E-state index in [0.29, 0.717) is 11.7 Å². The van der Waals surface area contributed by atoms with Gasteiger partial charge in [-0.3, -0.25) is 0 Å². The molecule has 0 spiro atoms. The standard InChI is InChI=1S/C14H17NO/c1-11(2)14-10-13(16)8-9-15(14)12-6-4-3-5-7-12/h3-8,10-11,16H,9H2,1-2H3. The van der Waals surface area contributed by atoms with Crippen molar-refractivity contribution in [1.82, 2.24) is 0 Å². The van der Waals surface area contributed by atoms with Gasteiger partial charge < -0.3 is 10.0 Å². The Morgan fingerprint density at radius 3 is 2.50 bits per heavy atom. The van der Waals surface area contributed by atoms with Gasteiger partial charge in [0.1, 0.15) is 5.76 Å². The fourth-order valence-corrected chi connectivity index (χ4v) is 1.92. The van der Waals surface area contributed by atoms with Crippen LogP contribution < -0.4 is 4.90 Å². The van der Waals surface area contributed by atoms with E-state index in [1.54, 1.807) is 0 Å². The fraction of sp³-hybridized carbons (Fsp3) is 0.286. The van der Waals surface area contributed by atoms with Crippen LogP contribution in [0.1, 0.15) is 13.8 Å². The average Bonchev–Trinajstić information content (AvgIpc) is 2.30. The summed E-state index contributed by atoms with van der Waals surface area (Å²) in [6.07, 6.45) is 3.68. The van der Waals surface area contributed by atoms with Gasteiger partial charge in [-0.15, -0.1) is 0 Å². The first-order valence-electron chi connectivity index (χ1n) is 5.62. The predicted octanol–water partition coefficient (Wildman–Crippen LogP) is 3.49. The second-order valence-electron chi connectivity index (χ2n) is 4.30. The Bertz CT molecular complexity index is 418. The molecule has 1 aliphatic rings. The van der Waals surface area contributed by atoms with Gasteiger partial charge >= 0.3 is 0 Å². The largest absolute Gasteiger partial charge is 0.508 e. The smallest absolute Gasteiger partial charge is 0.115 e. The maximum absolute atomic E-state index is 9.55. The summed E-state index contributed by atoms with van der Waals surface area (Å²) in [5, 5.41) is 9.55. The lowest BCUT2D eigenvalue weighted by atomic mass is 10.0. The van der Waals surface area contributed by atoms with Crippen LogP contribution in [-0.4, -0.2) is 11.7 Å². The third-order valence-corrected chi connectivity index (χ3v) is 2.75. The Morgan fingerprint density at radius 1 is 1.19 bits per heavy atom. The van der Waals surface area contributed by atoms with Crippen LogP contribution in [0.3, 0.4) is 0 Å². The van der Waals surface area contributed by atoms with E-state index in [9.17, 15) is 5.11 Å². The highest BCUT2D eigenvalue weighted by Gasteiger charge is 2.17. The first-order chi connectivity index (χ1) is 7.68. The van der Waals surface area contributed by atoms with Crippen molar-refractivity contribution in [1.29, 1.82) is 0 Å². The summed E-state index contributed by atoms with van der Waals surface area (Å²) in [6.45, 7) is 5.01. The number of hydrogen-bond acceptors (Lipinski definition) is 2. The predicted molar refractivity (Wildman–Crippen MR) is 67.4 cm³/mol. The van der Waals surface area contributed by atoms with E-state index in [0.717, 1.165) is 12.2 Å². The normalized spacial score (nSPS) is 16.1. The number of allylic oxidation sites excluding steroid dienone is 2. The lowest BCUT2D eigenvalue weighted by Crippen LogP contribution is -2.28. The van der Waals surface area contributed by atoms with Gasteiger partial charge in [-0.05, 0) is 30.2 Å². The van der Waals surface area contributed by atoms with E-state index in [-0.39, 0.29) is 0 Å². The summed E-state index contributed by atoms with van der Waals surface area (Å²) in [5.74, 6) is 0.770. The van der Waals surface area contributed by atoms with Crippen molar-refractivity contribution in [2.75, 3.05) is 11.4 Å². The summed E-state index contributed by atoms with van der Waals surface area (Å²) in [4.78, 5) is 2.23. The van der Waals surface area contributed by atoms with Crippen LogP contribution in [0.2, 0.25) is 0 Å². The number of rotatable bonds is 2. The molecule has 84 valence electrons. The van der Waals surface area contributed by atoms with Gasteiger partial charge in [0.25, 0.3) is 0 Å². The molecule has 1 aromatic carbocycles. The summed E-state index contributed by atoms with van der Waals surface area (Å²) < 4.78 is 0. The molecule has 1 N–H and O–H groups in total. The SMILES string of the molecule is CC(C)C1=CC(O)=CCN1c1ccccc1. The van der Waals surface area contributed by atoms with E-state index in [1.165, 1.54) is 5.69 Å². The molecule has 0 saturated heterocycles. The lowest BCUT2D eigenvalue weighted by Gasteiger charge is -2.31. The Kier molecular flexibility index (Phi) is 3.00. The van der Waals surface area contributed by atoms with Crippen LogP contribution in [0.25, 0.3) is 0 Å². The molecule has 2 nitrogen and oxygen atoms in total. The fourth-order valence-electron chi connectivity index (χ4n) is 1.92. The van der Waals surface area contributed by atoms with Gasteiger partial charge in [0.15, 0.2) is 0 Å². The molecule has 0 radical (unpaired) electrons. The average molecular weight is 215 g/mol. The van der Waals surface area contributed by atoms with Gasteiger partial charge in [0.2, 0.25) is 0 Å². The molecule has 0 atom stereocenters. The number of benzene rings is 1. The molecule has 0 aliphatic carbocycles. The molecule has 2 heteroatoms. The number of aliphatic hydroxyl groups is 1. The van der Waals surface area contributed by atoms with Gasteiger partial charge in [-0.2, -0.15) is 0 Å². The summed E-state index contributed by atoms with van der Waals surface area (Å²) in [7, 11) is 0. The molecule has 2 rings (SSSR count). The highest BCUT2D eigenvalue weighted by molar-refractivity contribution is 5.55. The quantitative estimate of drug-likeness (QED) is 0.816. The molecule has 0 amide bonds. The topological polar surface area (TPSA) is 23.5 Å². The third-order valence-electron chi connectivity index (χ3n) is 2.75. The van der Waals surface area contributed by atoms with E-state index < -0.39 is 0 Å². The molecule has 0 saturated carbocycles. The first-order valence-corrected chi connectivity index (χ1v) is 5.62. The second-order valence-corrected chi connectivity index (χ2v) is 4.30. The zero-order chi connectivity index (χ0) is 11.5.